The van der Waals surface area contributed by atoms with Crippen molar-refractivity contribution >= 4 is 17.8 Å². The first-order chi connectivity index (χ1) is 8.25. The molecule has 0 aliphatic carbocycles. The molecule has 1 heterocycles. The maximum Gasteiger partial charge on any atom is 0.354 e. The molecule has 8 heteroatoms. The van der Waals surface area contributed by atoms with Gasteiger partial charge in [-0.05, 0) is 13.8 Å². The SMILES string of the molecule is CC(C)(CNC(=O)c1nc[nH]c1C(=O)O)C(N)=O. The first kappa shape index (κ1) is 13.7. The fraction of sp³-hybridized carbons (Fsp3) is 0.400. The summed E-state index contributed by atoms with van der Waals surface area (Å²) < 4.78 is 0. The van der Waals surface area contributed by atoms with Gasteiger partial charge in [0.1, 0.15) is 0 Å². The molecule has 0 aliphatic heterocycles. The second-order valence-electron chi connectivity index (χ2n) is 4.36. The highest BCUT2D eigenvalue weighted by Crippen LogP contribution is 2.12. The van der Waals surface area contributed by atoms with Crippen LogP contribution in [0.1, 0.15) is 34.8 Å². The van der Waals surface area contributed by atoms with Crippen LogP contribution in [-0.2, 0) is 4.79 Å². The van der Waals surface area contributed by atoms with Crippen molar-refractivity contribution in [1.29, 1.82) is 0 Å². The number of nitrogens with zero attached hydrogens (tertiary/aromatic N) is 1. The molecule has 1 aromatic rings. The molecule has 0 unspecified atom stereocenters. The number of hydrogen-bond acceptors (Lipinski definition) is 4. The zero-order valence-electron chi connectivity index (χ0n) is 9.98. The molecule has 2 amide bonds. The number of aromatic carboxylic acids is 1. The van der Waals surface area contributed by atoms with Gasteiger partial charge in [0.15, 0.2) is 11.4 Å². The lowest BCUT2D eigenvalue weighted by Crippen LogP contribution is -2.42. The maximum absolute atomic E-state index is 11.7. The summed E-state index contributed by atoms with van der Waals surface area (Å²) in [5.41, 5.74) is 3.69. The van der Waals surface area contributed by atoms with E-state index in [4.69, 9.17) is 10.8 Å². The Bertz CT molecular complexity index is 492. The van der Waals surface area contributed by atoms with E-state index in [9.17, 15) is 14.4 Å². The Morgan fingerprint density at radius 1 is 1.50 bits per heavy atom. The van der Waals surface area contributed by atoms with Crippen LogP contribution in [0.25, 0.3) is 0 Å². The fourth-order valence-corrected chi connectivity index (χ4v) is 1.10. The van der Waals surface area contributed by atoms with Gasteiger partial charge >= 0.3 is 5.97 Å². The predicted molar refractivity (Wildman–Crippen MR) is 60.9 cm³/mol. The van der Waals surface area contributed by atoms with Crippen molar-refractivity contribution < 1.29 is 19.5 Å². The number of carboxylic acid groups (broad SMARTS) is 1. The van der Waals surface area contributed by atoms with Crippen molar-refractivity contribution in [1.82, 2.24) is 15.3 Å². The normalized spacial score (nSPS) is 11.0. The van der Waals surface area contributed by atoms with Crippen molar-refractivity contribution in [3.63, 3.8) is 0 Å². The summed E-state index contributed by atoms with van der Waals surface area (Å²) in [7, 11) is 0. The van der Waals surface area contributed by atoms with Gasteiger partial charge in [-0.25, -0.2) is 9.78 Å². The minimum absolute atomic E-state index is 0.00686. The number of nitrogens with one attached hydrogen (secondary N) is 2. The van der Waals surface area contributed by atoms with Crippen LogP contribution in [0.3, 0.4) is 0 Å². The van der Waals surface area contributed by atoms with E-state index in [1.54, 1.807) is 13.8 Å². The lowest BCUT2D eigenvalue weighted by atomic mass is 9.93. The summed E-state index contributed by atoms with van der Waals surface area (Å²) in [6.45, 7) is 3.13. The Kier molecular flexibility index (Phi) is 3.70. The molecule has 0 saturated carbocycles. The summed E-state index contributed by atoms with van der Waals surface area (Å²) in [4.78, 5) is 39.5. The van der Waals surface area contributed by atoms with Gasteiger partial charge in [0, 0.05) is 6.54 Å². The number of aromatic amines is 1. The van der Waals surface area contributed by atoms with E-state index < -0.39 is 23.2 Å². The average Bonchev–Trinajstić information content (AvgIpc) is 2.74. The van der Waals surface area contributed by atoms with Gasteiger partial charge in [0.05, 0.1) is 11.7 Å². The van der Waals surface area contributed by atoms with Gasteiger partial charge in [0.25, 0.3) is 5.91 Å². The van der Waals surface area contributed by atoms with Crippen molar-refractivity contribution in [2.75, 3.05) is 6.54 Å². The number of imidazole rings is 1. The molecule has 8 nitrogen and oxygen atoms in total. The van der Waals surface area contributed by atoms with E-state index in [0.29, 0.717) is 0 Å². The van der Waals surface area contributed by atoms with E-state index in [0.717, 1.165) is 6.33 Å². The van der Waals surface area contributed by atoms with E-state index in [1.165, 1.54) is 0 Å². The molecule has 0 aromatic carbocycles. The highest BCUT2D eigenvalue weighted by atomic mass is 16.4. The zero-order chi connectivity index (χ0) is 13.9. The summed E-state index contributed by atoms with van der Waals surface area (Å²) in [6, 6.07) is 0. The number of aromatic nitrogens is 2. The number of carbonyl (C=O) groups excluding carboxylic acids is 2. The number of amides is 2. The van der Waals surface area contributed by atoms with E-state index >= 15 is 0 Å². The maximum atomic E-state index is 11.7. The van der Waals surface area contributed by atoms with E-state index in [-0.39, 0.29) is 17.9 Å². The second-order valence-corrected chi connectivity index (χ2v) is 4.36. The van der Waals surface area contributed by atoms with Crippen molar-refractivity contribution in [2.45, 2.75) is 13.8 Å². The van der Waals surface area contributed by atoms with Crippen molar-refractivity contribution in [2.24, 2.45) is 11.1 Å². The van der Waals surface area contributed by atoms with Crippen LogP contribution in [0, 0.1) is 5.41 Å². The molecular formula is C10H14N4O4. The van der Waals surface area contributed by atoms with Crippen LogP contribution in [0.4, 0.5) is 0 Å². The quantitative estimate of drug-likeness (QED) is 0.553. The molecule has 0 radical (unpaired) electrons. The molecule has 1 aromatic heterocycles. The van der Waals surface area contributed by atoms with Crippen LogP contribution < -0.4 is 11.1 Å². The number of hydrogen-bond donors (Lipinski definition) is 4. The van der Waals surface area contributed by atoms with Gasteiger partial charge < -0.3 is 21.1 Å². The summed E-state index contributed by atoms with van der Waals surface area (Å²) in [6.07, 6.45) is 1.11. The number of rotatable bonds is 5. The molecule has 18 heavy (non-hydrogen) atoms. The molecule has 98 valence electrons. The van der Waals surface area contributed by atoms with Gasteiger partial charge in [0.2, 0.25) is 5.91 Å². The molecule has 0 spiro atoms. The Morgan fingerprint density at radius 2 is 2.11 bits per heavy atom. The predicted octanol–water partition coefficient (Wildman–Crippen LogP) is -0.651. The van der Waals surface area contributed by atoms with Gasteiger partial charge in [-0.15, -0.1) is 0 Å². The molecule has 0 atom stereocenters. The Hall–Kier alpha value is -2.38. The van der Waals surface area contributed by atoms with Gasteiger partial charge in [-0.2, -0.15) is 0 Å². The molecule has 0 aliphatic rings. The number of carbonyl (C=O) groups is 3. The molecule has 0 fully saturated rings. The minimum atomic E-state index is -1.29. The van der Waals surface area contributed by atoms with Crippen LogP contribution in [0.5, 0.6) is 0 Å². The summed E-state index contributed by atoms with van der Waals surface area (Å²) >= 11 is 0. The number of H-pyrrole nitrogens is 1. The lowest BCUT2D eigenvalue weighted by Gasteiger charge is -2.20. The minimum Gasteiger partial charge on any atom is -0.477 e. The van der Waals surface area contributed by atoms with E-state index in [2.05, 4.69) is 15.3 Å². The van der Waals surface area contributed by atoms with Crippen molar-refractivity contribution in [3.05, 3.63) is 17.7 Å². The highest BCUT2D eigenvalue weighted by Gasteiger charge is 2.27. The number of primary amides is 1. The van der Waals surface area contributed by atoms with Gasteiger partial charge in [-0.1, -0.05) is 0 Å². The van der Waals surface area contributed by atoms with E-state index in [1.807, 2.05) is 0 Å². The standard InChI is InChI=1S/C10H14N4O4/c1-10(2,9(11)18)3-12-7(15)5-6(8(16)17)14-4-13-5/h4H,3H2,1-2H3,(H2,11,18)(H,12,15)(H,13,14)(H,16,17). The molecule has 1 rings (SSSR count). The molecule has 0 bridgehead atoms. The monoisotopic (exact) mass is 254 g/mol. The third-order valence-corrected chi connectivity index (χ3v) is 2.43. The van der Waals surface area contributed by atoms with Crippen LogP contribution in [0.15, 0.2) is 6.33 Å². The van der Waals surface area contributed by atoms with Crippen LogP contribution in [-0.4, -0.2) is 39.4 Å². The Labute approximate surface area is 103 Å². The third-order valence-electron chi connectivity index (χ3n) is 2.43. The fourth-order valence-electron chi connectivity index (χ4n) is 1.10. The van der Waals surface area contributed by atoms with Gasteiger partial charge in [-0.3, -0.25) is 9.59 Å². The number of carboxylic acids is 1. The highest BCUT2D eigenvalue weighted by molar-refractivity contribution is 6.02. The third kappa shape index (κ3) is 2.84. The summed E-state index contributed by atoms with van der Waals surface area (Å²) in [5, 5.41) is 11.2. The van der Waals surface area contributed by atoms with Crippen LogP contribution in [0.2, 0.25) is 0 Å². The first-order valence-corrected chi connectivity index (χ1v) is 5.10. The zero-order valence-corrected chi connectivity index (χ0v) is 9.98. The number of nitrogens with two attached hydrogens (primary N) is 1. The van der Waals surface area contributed by atoms with Crippen LogP contribution >= 0.6 is 0 Å². The average molecular weight is 254 g/mol. The second kappa shape index (κ2) is 4.86. The molecule has 0 saturated heterocycles. The first-order valence-electron chi connectivity index (χ1n) is 5.10. The topological polar surface area (TPSA) is 138 Å². The Morgan fingerprint density at radius 3 is 2.61 bits per heavy atom. The molecule has 5 N–H and O–H groups in total. The Balaban J connectivity index is 2.75. The summed E-state index contributed by atoms with van der Waals surface area (Å²) in [5.74, 6) is -2.53. The smallest absolute Gasteiger partial charge is 0.354 e. The molecular weight excluding hydrogens is 240 g/mol. The van der Waals surface area contributed by atoms with Crippen molar-refractivity contribution in [3.8, 4) is 0 Å². The lowest BCUT2D eigenvalue weighted by molar-refractivity contribution is -0.125. The largest absolute Gasteiger partial charge is 0.477 e.